The van der Waals surface area contributed by atoms with Crippen molar-refractivity contribution < 1.29 is 9.90 Å². The van der Waals surface area contributed by atoms with E-state index in [1.807, 2.05) is 24.3 Å². The summed E-state index contributed by atoms with van der Waals surface area (Å²) >= 11 is 6.14. The predicted octanol–water partition coefficient (Wildman–Crippen LogP) is 2.78. The van der Waals surface area contributed by atoms with E-state index < -0.39 is 11.5 Å². The summed E-state index contributed by atoms with van der Waals surface area (Å²) in [6.45, 7) is 0. The molecule has 1 aromatic carbocycles. The van der Waals surface area contributed by atoms with Gasteiger partial charge in [0, 0.05) is 5.02 Å². The van der Waals surface area contributed by atoms with Gasteiger partial charge in [-0.2, -0.15) is 0 Å². The molecule has 0 radical (unpaired) electrons. The van der Waals surface area contributed by atoms with Gasteiger partial charge in [0.2, 0.25) is 0 Å². The predicted molar refractivity (Wildman–Crippen MR) is 67.2 cm³/mol. The molecule has 92 valence electrons. The molecule has 0 unspecified atom stereocenters. The molecule has 0 bridgehead atoms. The molecular formula is C13H16ClNO2. The smallest absolute Gasteiger partial charge is 0.323 e. The molecule has 0 saturated heterocycles. The van der Waals surface area contributed by atoms with E-state index >= 15 is 0 Å². The summed E-state index contributed by atoms with van der Waals surface area (Å²) in [4.78, 5) is 11.0. The van der Waals surface area contributed by atoms with Gasteiger partial charge >= 0.3 is 5.97 Å². The second-order valence-electron chi connectivity index (χ2n) is 4.76. The minimum atomic E-state index is -1.04. The lowest BCUT2D eigenvalue weighted by atomic mass is 9.75. The van der Waals surface area contributed by atoms with Crippen LogP contribution in [-0.4, -0.2) is 16.6 Å². The zero-order valence-corrected chi connectivity index (χ0v) is 10.3. The number of aliphatic carboxylic acids is 1. The summed E-state index contributed by atoms with van der Waals surface area (Å²) in [5, 5.41) is 9.82. The molecule has 0 atom stereocenters. The Hall–Kier alpha value is -1.06. The summed E-state index contributed by atoms with van der Waals surface area (Å²) in [6.07, 6.45) is 2.59. The van der Waals surface area contributed by atoms with Gasteiger partial charge in [-0.15, -0.1) is 0 Å². The van der Waals surface area contributed by atoms with E-state index in [-0.39, 0.29) is 0 Å². The molecule has 0 aliphatic heterocycles. The fourth-order valence-electron chi connectivity index (χ4n) is 2.46. The number of rotatable bonds is 2. The molecule has 1 aliphatic rings. The summed E-state index contributed by atoms with van der Waals surface area (Å²) < 4.78 is 0. The second kappa shape index (κ2) is 4.67. The highest BCUT2D eigenvalue weighted by molar-refractivity contribution is 6.31. The Labute approximate surface area is 106 Å². The molecule has 4 heteroatoms. The van der Waals surface area contributed by atoms with E-state index in [4.69, 9.17) is 22.4 Å². The topological polar surface area (TPSA) is 63.3 Å². The third-order valence-corrected chi connectivity index (χ3v) is 3.99. The number of halogens is 1. The SMILES string of the molecule is NC1(C(=O)O)CCC(c2ccccc2Cl)CC1. The van der Waals surface area contributed by atoms with Crippen LogP contribution < -0.4 is 5.73 Å². The van der Waals surface area contributed by atoms with E-state index in [0.29, 0.717) is 18.8 Å². The number of hydrogen-bond acceptors (Lipinski definition) is 2. The molecule has 0 heterocycles. The van der Waals surface area contributed by atoms with Crippen molar-refractivity contribution in [2.24, 2.45) is 5.73 Å². The Morgan fingerprint density at radius 1 is 1.35 bits per heavy atom. The van der Waals surface area contributed by atoms with Crippen molar-refractivity contribution in [3.63, 3.8) is 0 Å². The van der Waals surface area contributed by atoms with E-state index in [0.717, 1.165) is 23.4 Å². The lowest BCUT2D eigenvalue weighted by Gasteiger charge is -2.34. The summed E-state index contributed by atoms with van der Waals surface area (Å²) in [5.74, 6) is -0.560. The van der Waals surface area contributed by atoms with Crippen molar-refractivity contribution in [3.8, 4) is 0 Å². The number of benzene rings is 1. The van der Waals surface area contributed by atoms with E-state index in [1.165, 1.54) is 0 Å². The van der Waals surface area contributed by atoms with Crippen LogP contribution in [0.4, 0.5) is 0 Å². The molecule has 1 saturated carbocycles. The molecular weight excluding hydrogens is 238 g/mol. The van der Waals surface area contributed by atoms with Crippen LogP contribution in [0.5, 0.6) is 0 Å². The van der Waals surface area contributed by atoms with E-state index in [2.05, 4.69) is 0 Å². The fourth-order valence-corrected chi connectivity index (χ4v) is 2.75. The Bertz CT molecular complexity index is 425. The lowest BCUT2D eigenvalue weighted by molar-refractivity contribution is -0.144. The number of hydrogen-bond donors (Lipinski definition) is 2. The van der Waals surface area contributed by atoms with Crippen LogP contribution in [0.3, 0.4) is 0 Å². The van der Waals surface area contributed by atoms with Gasteiger partial charge < -0.3 is 10.8 Å². The fraction of sp³-hybridized carbons (Fsp3) is 0.462. The van der Waals surface area contributed by atoms with Crippen LogP contribution in [0, 0.1) is 0 Å². The van der Waals surface area contributed by atoms with Crippen molar-refractivity contribution in [2.75, 3.05) is 0 Å². The summed E-state index contributed by atoms with van der Waals surface area (Å²) in [7, 11) is 0. The van der Waals surface area contributed by atoms with Crippen LogP contribution >= 0.6 is 11.6 Å². The maximum Gasteiger partial charge on any atom is 0.323 e. The molecule has 0 spiro atoms. The van der Waals surface area contributed by atoms with Gasteiger partial charge in [0.05, 0.1) is 0 Å². The monoisotopic (exact) mass is 253 g/mol. The molecule has 1 fully saturated rings. The largest absolute Gasteiger partial charge is 0.480 e. The average Bonchev–Trinajstić information content (AvgIpc) is 2.31. The third-order valence-electron chi connectivity index (χ3n) is 3.65. The van der Waals surface area contributed by atoms with Gasteiger partial charge in [-0.1, -0.05) is 29.8 Å². The van der Waals surface area contributed by atoms with Crippen molar-refractivity contribution in [2.45, 2.75) is 37.1 Å². The van der Waals surface area contributed by atoms with Crippen molar-refractivity contribution in [1.82, 2.24) is 0 Å². The summed E-state index contributed by atoms with van der Waals surface area (Å²) in [5.41, 5.74) is 5.92. The van der Waals surface area contributed by atoms with Crippen molar-refractivity contribution in [1.29, 1.82) is 0 Å². The Kier molecular flexibility index (Phi) is 3.40. The van der Waals surface area contributed by atoms with Gasteiger partial charge in [-0.3, -0.25) is 4.79 Å². The number of nitrogens with two attached hydrogens (primary N) is 1. The van der Waals surface area contributed by atoms with Crippen LogP contribution in [-0.2, 0) is 4.79 Å². The van der Waals surface area contributed by atoms with Crippen molar-refractivity contribution in [3.05, 3.63) is 34.9 Å². The highest BCUT2D eigenvalue weighted by Gasteiger charge is 2.38. The summed E-state index contributed by atoms with van der Waals surface area (Å²) in [6, 6.07) is 7.75. The quantitative estimate of drug-likeness (QED) is 0.852. The molecule has 3 nitrogen and oxygen atoms in total. The van der Waals surface area contributed by atoms with Crippen LogP contribution in [0.2, 0.25) is 5.02 Å². The van der Waals surface area contributed by atoms with Gasteiger partial charge in [0.1, 0.15) is 5.54 Å². The number of carboxylic acids is 1. The maximum atomic E-state index is 11.0. The number of carboxylic acid groups (broad SMARTS) is 1. The average molecular weight is 254 g/mol. The molecule has 3 N–H and O–H groups in total. The molecule has 2 rings (SSSR count). The van der Waals surface area contributed by atoms with Crippen LogP contribution in [0.15, 0.2) is 24.3 Å². The van der Waals surface area contributed by atoms with E-state index in [1.54, 1.807) is 0 Å². The van der Waals surface area contributed by atoms with Gasteiger partial charge in [-0.05, 0) is 43.2 Å². The highest BCUT2D eigenvalue weighted by Crippen LogP contribution is 2.39. The second-order valence-corrected chi connectivity index (χ2v) is 5.16. The molecule has 1 aromatic rings. The first-order chi connectivity index (χ1) is 8.03. The first kappa shape index (κ1) is 12.4. The van der Waals surface area contributed by atoms with Crippen molar-refractivity contribution >= 4 is 17.6 Å². The molecule has 0 aromatic heterocycles. The van der Waals surface area contributed by atoms with Gasteiger partial charge in [0.25, 0.3) is 0 Å². The lowest BCUT2D eigenvalue weighted by Crippen LogP contribution is -2.50. The Morgan fingerprint density at radius 3 is 2.47 bits per heavy atom. The van der Waals surface area contributed by atoms with Crippen LogP contribution in [0.25, 0.3) is 0 Å². The molecule has 17 heavy (non-hydrogen) atoms. The third kappa shape index (κ3) is 2.45. The maximum absolute atomic E-state index is 11.0. The minimum Gasteiger partial charge on any atom is -0.480 e. The van der Waals surface area contributed by atoms with Gasteiger partial charge in [0.15, 0.2) is 0 Å². The normalized spacial score (nSPS) is 28.9. The number of carbonyl (C=O) groups is 1. The zero-order chi connectivity index (χ0) is 12.5. The highest BCUT2D eigenvalue weighted by atomic mass is 35.5. The molecule has 0 amide bonds. The zero-order valence-electron chi connectivity index (χ0n) is 9.53. The first-order valence-corrected chi connectivity index (χ1v) is 6.17. The standard InChI is InChI=1S/C13H16ClNO2/c14-11-4-2-1-3-10(11)9-5-7-13(15,8-6-9)12(16)17/h1-4,9H,5-8,15H2,(H,16,17). The van der Waals surface area contributed by atoms with Crippen LogP contribution in [0.1, 0.15) is 37.2 Å². The molecule has 1 aliphatic carbocycles. The van der Waals surface area contributed by atoms with Gasteiger partial charge in [-0.25, -0.2) is 0 Å². The Morgan fingerprint density at radius 2 is 1.94 bits per heavy atom. The minimum absolute atomic E-state index is 0.333. The van der Waals surface area contributed by atoms with E-state index in [9.17, 15) is 4.79 Å². The first-order valence-electron chi connectivity index (χ1n) is 5.80. The Balaban J connectivity index is 2.10.